The molecule has 1 aromatic heterocycles. The summed E-state index contributed by atoms with van der Waals surface area (Å²) in [4.78, 5) is 8.84. The summed E-state index contributed by atoms with van der Waals surface area (Å²) in [5, 5.41) is 0.454. The van der Waals surface area contributed by atoms with Gasteiger partial charge >= 0.3 is 0 Å². The summed E-state index contributed by atoms with van der Waals surface area (Å²) < 4.78 is 0.759. The van der Waals surface area contributed by atoms with Crippen molar-refractivity contribution >= 4 is 27.5 Å². The lowest BCUT2D eigenvalue weighted by Crippen LogP contribution is -1.97. The second-order valence-electron chi connectivity index (χ2n) is 4.49. The molecule has 2 rings (SSSR count). The van der Waals surface area contributed by atoms with E-state index in [-0.39, 0.29) is 0 Å². The molecule has 0 amide bonds. The third-order valence-electron chi connectivity index (χ3n) is 3.06. The van der Waals surface area contributed by atoms with E-state index < -0.39 is 0 Å². The molecular formula is C14H14BrClN2. The zero-order valence-electron chi connectivity index (χ0n) is 10.8. The number of hydrogen-bond donors (Lipinski definition) is 0. The van der Waals surface area contributed by atoms with Gasteiger partial charge in [-0.3, -0.25) is 0 Å². The normalized spacial score (nSPS) is 10.8. The summed E-state index contributed by atoms with van der Waals surface area (Å²) in [6.07, 6.45) is 0. The molecule has 0 radical (unpaired) electrons. The fourth-order valence-electron chi connectivity index (χ4n) is 1.85. The van der Waals surface area contributed by atoms with E-state index in [0.29, 0.717) is 11.0 Å². The first kappa shape index (κ1) is 13.5. The van der Waals surface area contributed by atoms with E-state index >= 15 is 0 Å². The van der Waals surface area contributed by atoms with Crippen LogP contribution in [0.2, 0.25) is 5.15 Å². The highest BCUT2D eigenvalue weighted by atomic mass is 79.9. The quantitative estimate of drug-likeness (QED) is 0.704. The van der Waals surface area contributed by atoms with E-state index in [1.165, 1.54) is 11.1 Å². The third kappa shape index (κ3) is 2.43. The fourth-order valence-corrected chi connectivity index (χ4v) is 2.24. The number of benzene rings is 1. The average molecular weight is 326 g/mol. The molecule has 0 aliphatic heterocycles. The van der Waals surface area contributed by atoms with E-state index in [1.54, 1.807) is 0 Å². The predicted molar refractivity (Wildman–Crippen MR) is 79.1 cm³/mol. The van der Waals surface area contributed by atoms with Gasteiger partial charge in [0, 0.05) is 5.56 Å². The Morgan fingerprint density at radius 1 is 0.944 bits per heavy atom. The van der Waals surface area contributed by atoms with E-state index in [0.717, 1.165) is 21.3 Å². The lowest BCUT2D eigenvalue weighted by Gasteiger charge is -2.10. The molecule has 0 aliphatic carbocycles. The van der Waals surface area contributed by atoms with Crippen LogP contribution in [-0.4, -0.2) is 9.97 Å². The first-order valence-electron chi connectivity index (χ1n) is 5.68. The Hall–Kier alpha value is -0.930. The molecule has 0 atom stereocenters. The molecule has 0 N–H and O–H groups in total. The van der Waals surface area contributed by atoms with Crippen molar-refractivity contribution in [3.8, 4) is 11.4 Å². The zero-order valence-corrected chi connectivity index (χ0v) is 13.1. The van der Waals surface area contributed by atoms with E-state index in [9.17, 15) is 0 Å². The Morgan fingerprint density at radius 3 is 2.17 bits per heavy atom. The lowest BCUT2D eigenvalue weighted by molar-refractivity contribution is 1.09. The van der Waals surface area contributed by atoms with Crippen molar-refractivity contribution in [3.63, 3.8) is 0 Å². The van der Waals surface area contributed by atoms with Crippen LogP contribution in [0, 0.1) is 27.7 Å². The van der Waals surface area contributed by atoms with E-state index in [1.807, 2.05) is 6.92 Å². The van der Waals surface area contributed by atoms with Crippen LogP contribution in [0.1, 0.15) is 22.4 Å². The first-order chi connectivity index (χ1) is 8.40. The van der Waals surface area contributed by atoms with Crippen LogP contribution in [-0.2, 0) is 0 Å². The molecule has 1 heterocycles. The van der Waals surface area contributed by atoms with Crippen LogP contribution in [0.25, 0.3) is 11.4 Å². The largest absolute Gasteiger partial charge is 0.232 e. The minimum Gasteiger partial charge on any atom is -0.232 e. The molecule has 0 fully saturated rings. The second kappa shape index (κ2) is 4.98. The van der Waals surface area contributed by atoms with Crippen LogP contribution in [0.5, 0.6) is 0 Å². The van der Waals surface area contributed by atoms with Gasteiger partial charge in [-0.05, 0) is 66.4 Å². The number of rotatable bonds is 1. The van der Waals surface area contributed by atoms with E-state index in [2.05, 4.69) is 58.8 Å². The Bertz CT molecular complexity index is 600. The lowest BCUT2D eigenvalue weighted by atomic mass is 10.0. The molecule has 94 valence electrons. The highest BCUT2D eigenvalue weighted by Gasteiger charge is 2.12. The maximum Gasteiger partial charge on any atom is 0.161 e. The number of hydrogen-bond acceptors (Lipinski definition) is 2. The molecule has 0 unspecified atom stereocenters. The van der Waals surface area contributed by atoms with Crippen molar-refractivity contribution in [2.45, 2.75) is 27.7 Å². The van der Waals surface area contributed by atoms with Gasteiger partial charge in [-0.1, -0.05) is 17.7 Å². The topological polar surface area (TPSA) is 25.8 Å². The van der Waals surface area contributed by atoms with Crippen molar-refractivity contribution < 1.29 is 0 Å². The molecule has 0 bridgehead atoms. The highest BCUT2D eigenvalue weighted by molar-refractivity contribution is 9.10. The van der Waals surface area contributed by atoms with Crippen molar-refractivity contribution in [2.24, 2.45) is 0 Å². The van der Waals surface area contributed by atoms with Gasteiger partial charge < -0.3 is 0 Å². The third-order valence-corrected chi connectivity index (χ3v) is 4.51. The number of aryl methyl sites for hydroxylation is 4. The molecule has 2 aromatic rings. The Morgan fingerprint density at radius 2 is 1.56 bits per heavy atom. The van der Waals surface area contributed by atoms with Crippen LogP contribution < -0.4 is 0 Å². The molecule has 4 heteroatoms. The average Bonchev–Trinajstić information content (AvgIpc) is 2.30. The van der Waals surface area contributed by atoms with Crippen molar-refractivity contribution in [3.05, 3.63) is 44.1 Å². The van der Waals surface area contributed by atoms with Gasteiger partial charge in [0.25, 0.3) is 0 Å². The Balaban J connectivity index is 2.66. The molecule has 0 spiro atoms. The van der Waals surface area contributed by atoms with Crippen LogP contribution in [0.15, 0.2) is 16.6 Å². The zero-order chi connectivity index (χ0) is 13.4. The molecule has 0 saturated carbocycles. The van der Waals surface area contributed by atoms with Crippen molar-refractivity contribution in [1.82, 2.24) is 9.97 Å². The van der Waals surface area contributed by atoms with Gasteiger partial charge in [0.05, 0.1) is 10.2 Å². The number of aromatic nitrogens is 2. The molecule has 0 aliphatic rings. The highest BCUT2D eigenvalue weighted by Crippen LogP contribution is 2.29. The van der Waals surface area contributed by atoms with Gasteiger partial charge in [-0.2, -0.15) is 0 Å². The SMILES string of the molecule is Cc1cc(C)c(-c2nc(C)c(Br)c(Cl)n2)cc1C. The minimum atomic E-state index is 0.454. The first-order valence-corrected chi connectivity index (χ1v) is 6.85. The maximum atomic E-state index is 6.09. The smallest absolute Gasteiger partial charge is 0.161 e. The summed E-state index contributed by atoms with van der Waals surface area (Å²) in [5.74, 6) is 0.682. The Labute approximate surface area is 121 Å². The number of halogens is 2. The monoisotopic (exact) mass is 324 g/mol. The van der Waals surface area contributed by atoms with Gasteiger partial charge in [-0.25, -0.2) is 9.97 Å². The molecular weight excluding hydrogens is 312 g/mol. The minimum absolute atomic E-state index is 0.454. The standard InChI is InChI=1S/C14H14BrClN2/c1-7-5-9(3)11(6-8(7)2)14-17-10(4)12(15)13(16)18-14/h5-6H,1-4H3. The molecule has 18 heavy (non-hydrogen) atoms. The van der Waals surface area contributed by atoms with Crippen molar-refractivity contribution in [2.75, 3.05) is 0 Å². The maximum absolute atomic E-state index is 6.09. The Kier molecular flexibility index (Phi) is 3.74. The summed E-state index contributed by atoms with van der Waals surface area (Å²) in [6.45, 7) is 8.17. The van der Waals surface area contributed by atoms with Gasteiger partial charge in [-0.15, -0.1) is 0 Å². The van der Waals surface area contributed by atoms with Crippen LogP contribution in [0.3, 0.4) is 0 Å². The van der Waals surface area contributed by atoms with Crippen LogP contribution >= 0.6 is 27.5 Å². The summed E-state index contributed by atoms with van der Waals surface area (Å²) in [6, 6.07) is 4.27. The predicted octanol–water partition coefficient (Wildman–Crippen LogP) is 4.79. The summed E-state index contributed by atoms with van der Waals surface area (Å²) in [7, 11) is 0. The van der Waals surface area contributed by atoms with Gasteiger partial charge in [0.1, 0.15) is 5.15 Å². The fraction of sp³-hybridized carbons (Fsp3) is 0.286. The van der Waals surface area contributed by atoms with E-state index in [4.69, 9.17) is 11.6 Å². The summed E-state index contributed by atoms with van der Waals surface area (Å²) >= 11 is 9.47. The molecule has 0 saturated heterocycles. The second-order valence-corrected chi connectivity index (χ2v) is 5.64. The number of nitrogens with zero attached hydrogens (tertiary/aromatic N) is 2. The van der Waals surface area contributed by atoms with Crippen LogP contribution in [0.4, 0.5) is 0 Å². The molecule has 2 nitrogen and oxygen atoms in total. The summed E-state index contributed by atoms with van der Waals surface area (Å²) in [5.41, 5.74) is 5.56. The molecule has 1 aromatic carbocycles. The van der Waals surface area contributed by atoms with Crippen molar-refractivity contribution in [1.29, 1.82) is 0 Å². The van der Waals surface area contributed by atoms with Gasteiger partial charge in [0.2, 0.25) is 0 Å². The van der Waals surface area contributed by atoms with Gasteiger partial charge in [0.15, 0.2) is 5.82 Å².